The highest BCUT2D eigenvalue weighted by atomic mass is 32.1. The summed E-state index contributed by atoms with van der Waals surface area (Å²) in [6.45, 7) is 1.97. The molecule has 2 rings (SSSR count). The Labute approximate surface area is 79.8 Å². The van der Waals surface area contributed by atoms with Crippen LogP contribution >= 0.6 is 11.3 Å². The monoisotopic (exact) mass is 196 g/mol. The average molecular weight is 196 g/mol. The summed E-state index contributed by atoms with van der Waals surface area (Å²) in [5, 5.41) is 0.916. The second-order valence-electron chi connectivity index (χ2n) is 2.88. The van der Waals surface area contributed by atoms with Crippen molar-refractivity contribution in [2.24, 2.45) is 0 Å². The Hall–Kier alpha value is -1.09. The topological polar surface area (TPSA) is 9.23 Å². The third-order valence-corrected chi connectivity index (χ3v) is 2.98. The Kier molecular flexibility index (Phi) is 1.96. The molecule has 68 valence electrons. The van der Waals surface area contributed by atoms with E-state index in [0.717, 1.165) is 10.3 Å². The molecule has 3 heteroatoms. The van der Waals surface area contributed by atoms with E-state index < -0.39 is 0 Å². The fourth-order valence-electron chi connectivity index (χ4n) is 1.33. The largest absolute Gasteiger partial charge is 0.497 e. The van der Waals surface area contributed by atoms with Crippen LogP contribution in [0, 0.1) is 12.7 Å². The minimum absolute atomic E-state index is 0.201. The van der Waals surface area contributed by atoms with Crippen LogP contribution in [0.1, 0.15) is 4.88 Å². The third-order valence-electron chi connectivity index (χ3n) is 1.90. The quantitative estimate of drug-likeness (QED) is 0.679. The van der Waals surface area contributed by atoms with E-state index in [1.807, 2.05) is 19.1 Å². The molecular weight excluding hydrogens is 187 g/mol. The molecule has 0 atom stereocenters. The molecule has 0 saturated heterocycles. The number of halogens is 1. The summed E-state index contributed by atoms with van der Waals surface area (Å²) in [6, 6.07) is 5.23. The predicted octanol–water partition coefficient (Wildman–Crippen LogP) is 3.36. The van der Waals surface area contributed by atoms with E-state index in [9.17, 15) is 4.39 Å². The molecule has 0 aliphatic rings. The van der Waals surface area contributed by atoms with Crippen molar-refractivity contribution >= 4 is 21.4 Å². The average Bonchev–Trinajstić information content (AvgIpc) is 2.46. The zero-order valence-corrected chi connectivity index (χ0v) is 8.24. The van der Waals surface area contributed by atoms with Gasteiger partial charge in [0.2, 0.25) is 0 Å². The highest BCUT2D eigenvalue weighted by molar-refractivity contribution is 7.19. The van der Waals surface area contributed by atoms with Gasteiger partial charge >= 0.3 is 0 Å². The Morgan fingerprint density at radius 1 is 1.31 bits per heavy atom. The van der Waals surface area contributed by atoms with Crippen molar-refractivity contribution in [3.8, 4) is 5.75 Å². The maximum atomic E-state index is 13.4. The van der Waals surface area contributed by atoms with E-state index in [2.05, 4.69) is 0 Å². The van der Waals surface area contributed by atoms with Gasteiger partial charge in [-0.05, 0) is 24.4 Å². The fourth-order valence-corrected chi connectivity index (χ4v) is 2.23. The molecular formula is C10H9FOS. The van der Waals surface area contributed by atoms with Crippen molar-refractivity contribution in [2.45, 2.75) is 6.92 Å². The second-order valence-corrected chi connectivity index (χ2v) is 4.14. The molecule has 0 aliphatic heterocycles. The Balaban J connectivity index is 2.75. The number of hydrogen-bond acceptors (Lipinski definition) is 2. The molecule has 1 aromatic heterocycles. The Morgan fingerprint density at radius 3 is 2.77 bits per heavy atom. The molecule has 0 bridgehead atoms. The first kappa shape index (κ1) is 8.51. The van der Waals surface area contributed by atoms with Crippen LogP contribution in [0.25, 0.3) is 10.1 Å². The molecule has 1 aromatic carbocycles. The standard InChI is InChI=1S/C10H9FOS/c1-6-3-7-4-8(12-2)5-9(11)10(7)13-6/h3-5H,1-2H3. The SMILES string of the molecule is COc1cc(F)c2sc(C)cc2c1. The molecule has 0 saturated carbocycles. The lowest BCUT2D eigenvalue weighted by Crippen LogP contribution is -1.83. The maximum Gasteiger partial charge on any atom is 0.144 e. The normalized spacial score (nSPS) is 10.7. The minimum atomic E-state index is -0.201. The van der Waals surface area contributed by atoms with Gasteiger partial charge < -0.3 is 4.74 Å². The van der Waals surface area contributed by atoms with E-state index in [1.165, 1.54) is 17.4 Å². The predicted molar refractivity (Wildman–Crippen MR) is 53.1 cm³/mol. The van der Waals surface area contributed by atoms with Gasteiger partial charge in [0.25, 0.3) is 0 Å². The summed E-state index contributed by atoms with van der Waals surface area (Å²) >= 11 is 1.47. The van der Waals surface area contributed by atoms with Crippen LogP contribution in [-0.2, 0) is 0 Å². The molecule has 1 nitrogen and oxygen atoms in total. The van der Waals surface area contributed by atoms with Crippen LogP contribution < -0.4 is 4.74 Å². The van der Waals surface area contributed by atoms with Gasteiger partial charge in [-0.3, -0.25) is 0 Å². The van der Waals surface area contributed by atoms with Crippen LogP contribution in [0.2, 0.25) is 0 Å². The summed E-state index contributed by atoms with van der Waals surface area (Å²) in [5.41, 5.74) is 0. The molecule has 1 heterocycles. The van der Waals surface area contributed by atoms with Gasteiger partial charge in [0.15, 0.2) is 0 Å². The Morgan fingerprint density at radius 2 is 2.08 bits per heavy atom. The molecule has 2 aromatic rings. The lowest BCUT2D eigenvalue weighted by molar-refractivity contribution is 0.412. The van der Waals surface area contributed by atoms with Gasteiger partial charge in [-0.25, -0.2) is 4.39 Å². The summed E-state index contributed by atoms with van der Waals surface area (Å²) in [7, 11) is 1.54. The van der Waals surface area contributed by atoms with Crippen molar-refractivity contribution in [3.63, 3.8) is 0 Å². The number of fused-ring (bicyclic) bond motifs is 1. The van der Waals surface area contributed by atoms with Gasteiger partial charge in [0, 0.05) is 10.9 Å². The molecule has 0 N–H and O–H groups in total. The number of aryl methyl sites for hydroxylation is 1. The van der Waals surface area contributed by atoms with Crippen molar-refractivity contribution < 1.29 is 9.13 Å². The lowest BCUT2D eigenvalue weighted by Gasteiger charge is -1.99. The number of methoxy groups -OCH3 is 1. The molecule has 0 radical (unpaired) electrons. The minimum Gasteiger partial charge on any atom is -0.497 e. The van der Waals surface area contributed by atoms with Gasteiger partial charge in [-0.1, -0.05) is 0 Å². The summed E-state index contributed by atoms with van der Waals surface area (Å²) in [6.07, 6.45) is 0. The first-order chi connectivity index (χ1) is 6.20. The van der Waals surface area contributed by atoms with E-state index >= 15 is 0 Å². The van der Waals surface area contributed by atoms with Crippen molar-refractivity contribution in [1.29, 1.82) is 0 Å². The lowest BCUT2D eigenvalue weighted by atomic mass is 10.2. The van der Waals surface area contributed by atoms with Crippen molar-refractivity contribution in [1.82, 2.24) is 0 Å². The van der Waals surface area contributed by atoms with E-state index in [-0.39, 0.29) is 5.82 Å². The first-order valence-corrected chi connectivity index (χ1v) is 4.76. The highest BCUT2D eigenvalue weighted by Gasteiger charge is 2.06. The van der Waals surface area contributed by atoms with Gasteiger partial charge in [0.05, 0.1) is 11.8 Å². The van der Waals surface area contributed by atoms with Crippen LogP contribution in [0.5, 0.6) is 5.75 Å². The maximum absolute atomic E-state index is 13.4. The highest BCUT2D eigenvalue weighted by Crippen LogP contribution is 2.30. The number of hydrogen-bond donors (Lipinski definition) is 0. The van der Waals surface area contributed by atoms with Crippen LogP contribution in [0.4, 0.5) is 4.39 Å². The number of rotatable bonds is 1. The number of ether oxygens (including phenoxy) is 1. The summed E-state index contributed by atoms with van der Waals surface area (Å²) < 4.78 is 19.1. The third kappa shape index (κ3) is 1.40. The van der Waals surface area contributed by atoms with Crippen molar-refractivity contribution in [3.05, 3.63) is 28.9 Å². The van der Waals surface area contributed by atoms with Gasteiger partial charge in [-0.2, -0.15) is 0 Å². The molecule has 0 amide bonds. The van der Waals surface area contributed by atoms with Crippen LogP contribution in [0.3, 0.4) is 0 Å². The van der Waals surface area contributed by atoms with E-state index in [1.54, 1.807) is 7.11 Å². The summed E-state index contributed by atoms with van der Waals surface area (Å²) in [5.74, 6) is 0.371. The Bertz CT molecular complexity index is 447. The smallest absolute Gasteiger partial charge is 0.144 e. The van der Waals surface area contributed by atoms with Gasteiger partial charge in [0.1, 0.15) is 11.6 Å². The van der Waals surface area contributed by atoms with E-state index in [4.69, 9.17) is 4.74 Å². The molecule has 0 aliphatic carbocycles. The van der Waals surface area contributed by atoms with E-state index in [0.29, 0.717) is 10.4 Å². The molecule has 13 heavy (non-hydrogen) atoms. The van der Waals surface area contributed by atoms with Crippen LogP contribution in [0.15, 0.2) is 18.2 Å². The number of thiophene rings is 1. The summed E-state index contributed by atoms with van der Waals surface area (Å²) in [4.78, 5) is 1.11. The zero-order valence-electron chi connectivity index (χ0n) is 7.43. The van der Waals surface area contributed by atoms with Crippen molar-refractivity contribution in [2.75, 3.05) is 7.11 Å². The van der Waals surface area contributed by atoms with Gasteiger partial charge in [-0.15, -0.1) is 11.3 Å². The molecule has 0 unspecified atom stereocenters. The number of benzene rings is 1. The molecule has 0 fully saturated rings. The molecule has 0 spiro atoms. The first-order valence-electron chi connectivity index (χ1n) is 3.94. The fraction of sp³-hybridized carbons (Fsp3) is 0.200. The zero-order chi connectivity index (χ0) is 9.42. The van der Waals surface area contributed by atoms with Crippen LogP contribution in [-0.4, -0.2) is 7.11 Å². The second kappa shape index (κ2) is 3.00.